The summed E-state index contributed by atoms with van der Waals surface area (Å²) in [5, 5.41) is 3.38. The first-order valence-corrected chi connectivity index (χ1v) is 6.14. The lowest BCUT2D eigenvalue weighted by atomic mass is 10.1. The van der Waals surface area contributed by atoms with Crippen LogP contribution in [-0.2, 0) is 6.42 Å². The highest BCUT2D eigenvalue weighted by Gasteiger charge is 2.10. The van der Waals surface area contributed by atoms with Crippen LogP contribution in [0.15, 0.2) is 16.7 Å². The Hall–Kier alpha value is -0.570. The van der Waals surface area contributed by atoms with Crippen LogP contribution in [0.25, 0.3) is 0 Å². The molecule has 15 heavy (non-hydrogen) atoms. The Kier molecular flexibility index (Phi) is 4.14. The van der Waals surface area contributed by atoms with E-state index in [0.717, 1.165) is 23.3 Å². The second kappa shape index (κ2) is 4.97. The van der Waals surface area contributed by atoms with Crippen molar-refractivity contribution in [3.8, 4) is 0 Å². The van der Waals surface area contributed by atoms with Gasteiger partial charge >= 0.3 is 0 Å². The number of anilines is 1. The van der Waals surface area contributed by atoms with Crippen molar-refractivity contribution in [2.24, 2.45) is 0 Å². The second-order valence-corrected chi connectivity index (χ2v) is 5.62. The number of aryl methyl sites for hydroxylation is 1. The van der Waals surface area contributed by atoms with Gasteiger partial charge in [0.1, 0.15) is 10.4 Å². The highest BCUT2D eigenvalue weighted by atomic mass is 79.9. The van der Waals surface area contributed by atoms with Gasteiger partial charge in [0.15, 0.2) is 0 Å². The molecule has 0 amide bonds. The molecule has 0 aromatic carbocycles. The van der Waals surface area contributed by atoms with Crippen molar-refractivity contribution in [1.82, 2.24) is 4.98 Å². The van der Waals surface area contributed by atoms with Crippen LogP contribution in [0.5, 0.6) is 0 Å². The first-order chi connectivity index (χ1) is 6.90. The van der Waals surface area contributed by atoms with E-state index in [9.17, 15) is 0 Å². The summed E-state index contributed by atoms with van der Waals surface area (Å²) >= 11 is 3.44. The number of nitrogens with one attached hydrogen (secondary N) is 1. The lowest BCUT2D eigenvalue weighted by Gasteiger charge is -2.21. The predicted octanol–water partition coefficient (Wildman–Crippen LogP) is 4.01. The summed E-state index contributed by atoms with van der Waals surface area (Å²) < 4.78 is 0.903. The van der Waals surface area contributed by atoms with Crippen LogP contribution in [0.2, 0.25) is 0 Å². The number of rotatable bonds is 3. The van der Waals surface area contributed by atoms with Gasteiger partial charge in [-0.15, -0.1) is 0 Å². The summed E-state index contributed by atoms with van der Waals surface area (Å²) in [7, 11) is 0. The standard InChI is InChI=1S/C12H19BrN2/c1-5-6-9-7-10(13)14-11(8-9)15-12(2,3)4/h7-8H,5-6H2,1-4H3,(H,14,15). The lowest BCUT2D eigenvalue weighted by Crippen LogP contribution is -2.26. The van der Waals surface area contributed by atoms with Gasteiger partial charge < -0.3 is 5.32 Å². The van der Waals surface area contributed by atoms with E-state index < -0.39 is 0 Å². The van der Waals surface area contributed by atoms with Gasteiger partial charge in [0.25, 0.3) is 0 Å². The Bertz CT molecular complexity index is 329. The summed E-state index contributed by atoms with van der Waals surface area (Å²) in [4.78, 5) is 4.41. The van der Waals surface area contributed by atoms with E-state index in [0.29, 0.717) is 0 Å². The molecule has 0 atom stereocenters. The van der Waals surface area contributed by atoms with Gasteiger partial charge in [0.05, 0.1) is 0 Å². The van der Waals surface area contributed by atoms with Crippen LogP contribution in [0.1, 0.15) is 39.7 Å². The minimum atomic E-state index is 0.0529. The largest absolute Gasteiger partial charge is 0.365 e. The predicted molar refractivity (Wildman–Crippen MR) is 69.3 cm³/mol. The zero-order chi connectivity index (χ0) is 11.5. The van der Waals surface area contributed by atoms with Crippen molar-refractivity contribution in [3.05, 3.63) is 22.3 Å². The molecule has 0 aliphatic heterocycles. The number of hydrogen-bond acceptors (Lipinski definition) is 2. The second-order valence-electron chi connectivity index (χ2n) is 4.81. The molecule has 0 saturated heterocycles. The van der Waals surface area contributed by atoms with Crippen molar-refractivity contribution < 1.29 is 0 Å². The number of hydrogen-bond donors (Lipinski definition) is 1. The number of pyridine rings is 1. The monoisotopic (exact) mass is 270 g/mol. The fourth-order valence-corrected chi connectivity index (χ4v) is 1.92. The third-order valence-electron chi connectivity index (χ3n) is 1.90. The highest BCUT2D eigenvalue weighted by Crippen LogP contribution is 2.19. The number of aromatic nitrogens is 1. The first-order valence-electron chi connectivity index (χ1n) is 5.35. The van der Waals surface area contributed by atoms with Crippen molar-refractivity contribution in [2.75, 3.05) is 5.32 Å². The zero-order valence-electron chi connectivity index (χ0n) is 9.89. The normalized spacial score (nSPS) is 11.5. The van der Waals surface area contributed by atoms with Crippen molar-refractivity contribution in [3.63, 3.8) is 0 Å². The molecule has 0 fully saturated rings. The van der Waals surface area contributed by atoms with E-state index in [1.807, 2.05) is 0 Å². The van der Waals surface area contributed by atoms with Crippen LogP contribution in [0, 0.1) is 0 Å². The molecule has 1 aromatic rings. The molecule has 0 spiro atoms. The molecular weight excluding hydrogens is 252 g/mol. The Balaban J connectivity index is 2.88. The Morgan fingerprint density at radius 2 is 2.00 bits per heavy atom. The zero-order valence-corrected chi connectivity index (χ0v) is 11.5. The highest BCUT2D eigenvalue weighted by molar-refractivity contribution is 9.10. The maximum absolute atomic E-state index is 4.41. The molecule has 3 heteroatoms. The fraction of sp³-hybridized carbons (Fsp3) is 0.583. The van der Waals surface area contributed by atoms with Gasteiger partial charge in [-0.1, -0.05) is 13.3 Å². The molecule has 1 N–H and O–H groups in total. The van der Waals surface area contributed by atoms with Crippen LogP contribution < -0.4 is 5.32 Å². The summed E-state index contributed by atoms with van der Waals surface area (Å²) in [6, 6.07) is 4.21. The summed E-state index contributed by atoms with van der Waals surface area (Å²) in [6.45, 7) is 8.59. The first kappa shape index (κ1) is 12.5. The lowest BCUT2D eigenvalue weighted by molar-refractivity contribution is 0.630. The van der Waals surface area contributed by atoms with E-state index in [1.54, 1.807) is 0 Å². The minimum absolute atomic E-state index is 0.0529. The third kappa shape index (κ3) is 4.65. The maximum atomic E-state index is 4.41. The average Bonchev–Trinajstić information content (AvgIpc) is 1.99. The molecule has 0 unspecified atom stereocenters. The average molecular weight is 271 g/mol. The molecule has 0 bridgehead atoms. The van der Waals surface area contributed by atoms with E-state index in [2.05, 4.69) is 66.1 Å². The van der Waals surface area contributed by atoms with Crippen LogP contribution in [-0.4, -0.2) is 10.5 Å². The van der Waals surface area contributed by atoms with Crippen LogP contribution in [0.4, 0.5) is 5.82 Å². The summed E-state index contributed by atoms with van der Waals surface area (Å²) in [6.07, 6.45) is 2.26. The molecular formula is C12H19BrN2. The van der Waals surface area contributed by atoms with Gasteiger partial charge in [-0.3, -0.25) is 0 Å². The van der Waals surface area contributed by atoms with E-state index in [-0.39, 0.29) is 5.54 Å². The molecule has 0 aliphatic carbocycles. The number of nitrogens with zero attached hydrogens (tertiary/aromatic N) is 1. The van der Waals surface area contributed by atoms with Crippen molar-refractivity contribution >= 4 is 21.7 Å². The summed E-state index contributed by atoms with van der Waals surface area (Å²) in [5.74, 6) is 0.945. The molecule has 1 heterocycles. The number of halogens is 1. The van der Waals surface area contributed by atoms with Gasteiger partial charge in [-0.2, -0.15) is 0 Å². The van der Waals surface area contributed by atoms with Crippen LogP contribution >= 0.6 is 15.9 Å². The maximum Gasteiger partial charge on any atom is 0.127 e. The quantitative estimate of drug-likeness (QED) is 0.840. The van der Waals surface area contributed by atoms with Crippen molar-refractivity contribution in [1.29, 1.82) is 0 Å². The molecule has 2 nitrogen and oxygen atoms in total. The molecule has 0 radical (unpaired) electrons. The molecule has 0 aliphatic rings. The van der Waals surface area contributed by atoms with Crippen molar-refractivity contribution in [2.45, 2.75) is 46.1 Å². The van der Waals surface area contributed by atoms with Gasteiger partial charge in [0.2, 0.25) is 0 Å². The van der Waals surface area contributed by atoms with Gasteiger partial charge in [-0.05, 0) is 60.8 Å². The third-order valence-corrected chi connectivity index (χ3v) is 2.30. The van der Waals surface area contributed by atoms with Gasteiger partial charge in [-0.25, -0.2) is 4.98 Å². The molecule has 0 saturated carbocycles. The molecule has 84 valence electrons. The SMILES string of the molecule is CCCc1cc(Br)nc(NC(C)(C)C)c1. The smallest absolute Gasteiger partial charge is 0.127 e. The fourth-order valence-electron chi connectivity index (χ4n) is 1.43. The molecule has 1 aromatic heterocycles. The molecule has 1 rings (SSSR count). The topological polar surface area (TPSA) is 24.9 Å². The summed E-state index contributed by atoms with van der Waals surface area (Å²) in [5.41, 5.74) is 1.38. The van der Waals surface area contributed by atoms with Gasteiger partial charge in [0, 0.05) is 5.54 Å². The Morgan fingerprint density at radius 3 is 2.53 bits per heavy atom. The van der Waals surface area contributed by atoms with Crippen LogP contribution in [0.3, 0.4) is 0 Å². The minimum Gasteiger partial charge on any atom is -0.365 e. The van der Waals surface area contributed by atoms with E-state index in [1.165, 1.54) is 5.56 Å². The van der Waals surface area contributed by atoms with E-state index >= 15 is 0 Å². The van der Waals surface area contributed by atoms with E-state index in [4.69, 9.17) is 0 Å². The Morgan fingerprint density at radius 1 is 1.33 bits per heavy atom. The Labute approximate surface area is 101 Å².